The number of nitrogens with two attached hydrogens (primary N) is 1. The first-order valence-corrected chi connectivity index (χ1v) is 6.29. The smallest absolute Gasteiger partial charge is 0.125 e. The average molecular weight is 259 g/mol. The summed E-state index contributed by atoms with van der Waals surface area (Å²) in [5.41, 5.74) is 6.65. The molecule has 1 rings (SSSR count). The van der Waals surface area contributed by atoms with Crippen LogP contribution in [0.1, 0.15) is 32.4 Å². The molecule has 0 aliphatic carbocycles. The standard InChI is InChI=1S/C13H20ClFN2/c1-4-17(9(2)3)13(8-16)10-5-11(14)7-12(15)6-10/h5-7,9,13H,4,8,16H2,1-3H3. The van der Waals surface area contributed by atoms with Crippen LogP contribution in [-0.4, -0.2) is 24.0 Å². The Bertz CT molecular complexity index is 348. The molecule has 1 atom stereocenters. The highest BCUT2D eigenvalue weighted by Gasteiger charge is 2.20. The topological polar surface area (TPSA) is 29.3 Å². The van der Waals surface area contributed by atoms with E-state index in [1.165, 1.54) is 12.1 Å². The van der Waals surface area contributed by atoms with Crippen molar-refractivity contribution in [2.45, 2.75) is 32.9 Å². The largest absolute Gasteiger partial charge is 0.329 e. The van der Waals surface area contributed by atoms with E-state index in [0.29, 0.717) is 17.6 Å². The van der Waals surface area contributed by atoms with E-state index in [2.05, 4.69) is 25.7 Å². The Morgan fingerprint density at radius 2 is 2.00 bits per heavy atom. The zero-order valence-electron chi connectivity index (χ0n) is 10.6. The highest BCUT2D eigenvalue weighted by Crippen LogP contribution is 2.25. The minimum absolute atomic E-state index is 0.00759. The normalized spacial score (nSPS) is 13.4. The van der Waals surface area contributed by atoms with Crippen molar-refractivity contribution in [3.63, 3.8) is 0 Å². The molecule has 2 N–H and O–H groups in total. The lowest BCUT2D eigenvalue weighted by atomic mass is 10.0. The molecule has 1 aromatic carbocycles. The Labute approximate surface area is 108 Å². The van der Waals surface area contributed by atoms with E-state index in [9.17, 15) is 4.39 Å². The monoisotopic (exact) mass is 258 g/mol. The molecule has 0 spiro atoms. The summed E-state index contributed by atoms with van der Waals surface area (Å²) in [5, 5.41) is 0.415. The second-order valence-electron chi connectivity index (χ2n) is 4.38. The number of likely N-dealkylation sites (N-methyl/N-ethyl adjacent to an activating group) is 1. The maximum Gasteiger partial charge on any atom is 0.125 e. The molecule has 2 nitrogen and oxygen atoms in total. The SMILES string of the molecule is CCN(C(C)C)C(CN)c1cc(F)cc(Cl)c1. The Balaban J connectivity index is 3.07. The van der Waals surface area contributed by atoms with Gasteiger partial charge in [0.1, 0.15) is 5.82 Å². The van der Waals surface area contributed by atoms with Crippen molar-refractivity contribution in [1.29, 1.82) is 0 Å². The number of benzene rings is 1. The van der Waals surface area contributed by atoms with Crippen LogP contribution < -0.4 is 5.73 Å². The van der Waals surface area contributed by atoms with Crippen LogP contribution in [0.15, 0.2) is 18.2 Å². The van der Waals surface area contributed by atoms with E-state index >= 15 is 0 Å². The van der Waals surface area contributed by atoms with Crippen LogP contribution in [0, 0.1) is 5.82 Å². The van der Waals surface area contributed by atoms with Gasteiger partial charge in [-0.2, -0.15) is 0 Å². The second-order valence-corrected chi connectivity index (χ2v) is 4.81. The summed E-state index contributed by atoms with van der Waals surface area (Å²) in [6, 6.07) is 4.97. The van der Waals surface area contributed by atoms with E-state index in [1.807, 2.05) is 0 Å². The van der Waals surface area contributed by atoms with Crippen molar-refractivity contribution in [1.82, 2.24) is 4.90 Å². The second kappa shape index (κ2) is 6.34. The fourth-order valence-electron chi connectivity index (χ4n) is 2.18. The number of hydrogen-bond donors (Lipinski definition) is 1. The van der Waals surface area contributed by atoms with Gasteiger partial charge >= 0.3 is 0 Å². The molecule has 0 amide bonds. The van der Waals surface area contributed by atoms with Gasteiger partial charge in [-0.1, -0.05) is 18.5 Å². The van der Waals surface area contributed by atoms with E-state index in [0.717, 1.165) is 12.1 Å². The summed E-state index contributed by atoms with van der Waals surface area (Å²) in [6.07, 6.45) is 0. The van der Waals surface area contributed by atoms with Gasteiger partial charge in [0.15, 0.2) is 0 Å². The van der Waals surface area contributed by atoms with Gasteiger partial charge in [-0.05, 0) is 44.2 Å². The summed E-state index contributed by atoms with van der Waals surface area (Å²) in [7, 11) is 0. The highest BCUT2D eigenvalue weighted by molar-refractivity contribution is 6.30. The minimum atomic E-state index is -0.314. The quantitative estimate of drug-likeness (QED) is 0.879. The Hall–Kier alpha value is -0.640. The van der Waals surface area contributed by atoms with Gasteiger partial charge in [-0.25, -0.2) is 4.39 Å². The van der Waals surface area contributed by atoms with Gasteiger partial charge < -0.3 is 5.73 Å². The first kappa shape index (κ1) is 14.4. The van der Waals surface area contributed by atoms with E-state index in [-0.39, 0.29) is 11.9 Å². The zero-order valence-corrected chi connectivity index (χ0v) is 11.3. The van der Waals surface area contributed by atoms with Crippen LogP contribution in [0.3, 0.4) is 0 Å². The Morgan fingerprint density at radius 1 is 1.35 bits per heavy atom. The Kier molecular flexibility index (Phi) is 5.37. The van der Waals surface area contributed by atoms with Crippen LogP contribution in [0.2, 0.25) is 5.02 Å². The lowest BCUT2D eigenvalue weighted by Gasteiger charge is -2.33. The van der Waals surface area contributed by atoms with Gasteiger partial charge in [0.05, 0.1) is 0 Å². The number of nitrogens with zero attached hydrogens (tertiary/aromatic N) is 1. The molecule has 17 heavy (non-hydrogen) atoms. The van der Waals surface area contributed by atoms with Crippen LogP contribution in [-0.2, 0) is 0 Å². The molecule has 0 heterocycles. The Morgan fingerprint density at radius 3 is 2.41 bits per heavy atom. The lowest BCUT2D eigenvalue weighted by molar-refractivity contribution is 0.166. The number of hydrogen-bond acceptors (Lipinski definition) is 2. The van der Waals surface area contributed by atoms with Crippen molar-refractivity contribution < 1.29 is 4.39 Å². The number of rotatable bonds is 5. The molecule has 96 valence electrons. The molecule has 1 aromatic rings. The van der Waals surface area contributed by atoms with Crippen molar-refractivity contribution >= 4 is 11.6 Å². The molecule has 0 radical (unpaired) electrons. The van der Waals surface area contributed by atoms with Crippen LogP contribution in [0.5, 0.6) is 0 Å². The first-order valence-electron chi connectivity index (χ1n) is 5.91. The fraction of sp³-hybridized carbons (Fsp3) is 0.538. The lowest BCUT2D eigenvalue weighted by Crippen LogP contribution is -2.38. The number of halogens is 2. The zero-order chi connectivity index (χ0) is 13.0. The van der Waals surface area contributed by atoms with E-state index < -0.39 is 0 Å². The molecule has 4 heteroatoms. The van der Waals surface area contributed by atoms with Gasteiger partial charge in [0.2, 0.25) is 0 Å². The predicted molar refractivity (Wildman–Crippen MR) is 70.7 cm³/mol. The van der Waals surface area contributed by atoms with Gasteiger partial charge in [0.25, 0.3) is 0 Å². The maximum atomic E-state index is 13.3. The summed E-state index contributed by atoms with van der Waals surface area (Å²) < 4.78 is 13.3. The predicted octanol–water partition coefficient (Wildman–Crippen LogP) is 3.21. The van der Waals surface area contributed by atoms with Crippen LogP contribution in [0.4, 0.5) is 4.39 Å². The molecule has 0 bridgehead atoms. The molecule has 0 saturated heterocycles. The molecule has 0 saturated carbocycles. The molecule has 1 unspecified atom stereocenters. The van der Waals surface area contributed by atoms with E-state index in [4.69, 9.17) is 17.3 Å². The first-order chi connectivity index (χ1) is 7.99. The van der Waals surface area contributed by atoms with Crippen molar-refractivity contribution in [2.75, 3.05) is 13.1 Å². The van der Waals surface area contributed by atoms with Crippen LogP contribution >= 0.6 is 11.6 Å². The fourth-order valence-corrected chi connectivity index (χ4v) is 2.41. The molecular formula is C13H20ClFN2. The molecule has 0 aliphatic rings. The third-order valence-corrected chi connectivity index (χ3v) is 3.14. The molecule has 0 aromatic heterocycles. The molecule has 0 aliphatic heterocycles. The maximum absolute atomic E-state index is 13.3. The summed E-state index contributed by atoms with van der Waals surface area (Å²) in [6.45, 7) is 7.60. The van der Waals surface area contributed by atoms with Crippen molar-refractivity contribution in [3.8, 4) is 0 Å². The van der Waals surface area contributed by atoms with Gasteiger partial charge in [-0.15, -0.1) is 0 Å². The third kappa shape index (κ3) is 3.66. The minimum Gasteiger partial charge on any atom is -0.329 e. The highest BCUT2D eigenvalue weighted by atomic mass is 35.5. The summed E-state index contributed by atoms with van der Waals surface area (Å²) in [5.74, 6) is -0.314. The van der Waals surface area contributed by atoms with Crippen LogP contribution in [0.25, 0.3) is 0 Å². The van der Waals surface area contributed by atoms with Crippen molar-refractivity contribution in [3.05, 3.63) is 34.6 Å². The van der Waals surface area contributed by atoms with Gasteiger partial charge in [-0.3, -0.25) is 4.90 Å². The van der Waals surface area contributed by atoms with Gasteiger partial charge in [0, 0.05) is 23.7 Å². The summed E-state index contributed by atoms with van der Waals surface area (Å²) in [4.78, 5) is 2.23. The average Bonchev–Trinajstić information content (AvgIpc) is 2.23. The van der Waals surface area contributed by atoms with E-state index in [1.54, 1.807) is 6.07 Å². The van der Waals surface area contributed by atoms with Crippen molar-refractivity contribution in [2.24, 2.45) is 5.73 Å². The molecule has 0 fully saturated rings. The molecular weight excluding hydrogens is 239 g/mol. The third-order valence-electron chi connectivity index (χ3n) is 2.92. The summed E-state index contributed by atoms with van der Waals surface area (Å²) >= 11 is 5.88.